The van der Waals surface area contributed by atoms with Crippen molar-refractivity contribution in [2.24, 2.45) is 5.92 Å². The molecule has 2 atom stereocenters. The van der Waals surface area contributed by atoms with Gasteiger partial charge in [-0.05, 0) is 35.1 Å². The fraction of sp³-hybridized carbons (Fsp3) is 0.400. The van der Waals surface area contributed by atoms with Gasteiger partial charge in [0, 0.05) is 25.0 Å². The summed E-state index contributed by atoms with van der Waals surface area (Å²) in [7, 11) is 0. The van der Waals surface area contributed by atoms with Crippen LogP contribution in [0.2, 0.25) is 0 Å². The van der Waals surface area contributed by atoms with Gasteiger partial charge >= 0.3 is 12.1 Å². The number of amides is 2. The zero-order valence-corrected chi connectivity index (χ0v) is 18.1. The minimum Gasteiger partial charge on any atom is -0.481 e. The van der Waals surface area contributed by atoms with E-state index >= 15 is 0 Å². The van der Waals surface area contributed by atoms with Crippen LogP contribution in [0.3, 0.4) is 0 Å². The molecule has 7 nitrogen and oxygen atoms in total. The Balaban J connectivity index is 1.30. The molecule has 168 valence electrons. The third-order valence-electron chi connectivity index (χ3n) is 6.39. The molecule has 1 aliphatic heterocycles. The molecule has 4 rings (SSSR count). The van der Waals surface area contributed by atoms with Crippen LogP contribution < -0.4 is 5.32 Å². The van der Waals surface area contributed by atoms with Crippen LogP contribution in [0.5, 0.6) is 0 Å². The molecule has 2 aromatic carbocycles. The highest BCUT2D eigenvalue weighted by molar-refractivity contribution is 5.81. The number of alkyl carbamates (subject to hydrolysis) is 1. The molecule has 0 spiro atoms. The molecule has 32 heavy (non-hydrogen) atoms. The molecule has 0 radical (unpaired) electrons. The summed E-state index contributed by atoms with van der Waals surface area (Å²) >= 11 is 0. The smallest absolute Gasteiger partial charge is 0.407 e. The molecule has 1 heterocycles. The number of carbonyl (C=O) groups is 3. The number of carboxylic acid groups (broad SMARTS) is 1. The predicted octanol–water partition coefficient (Wildman–Crippen LogP) is 3.63. The number of likely N-dealkylation sites (tertiary alicyclic amines) is 1. The normalized spacial score (nSPS) is 18.0. The lowest BCUT2D eigenvalue weighted by atomic mass is 9.98. The Morgan fingerprint density at radius 2 is 1.72 bits per heavy atom. The highest BCUT2D eigenvalue weighted by Crippen LogP contribution is 2.44. The van der Waals surface area contributed by atoms with E-state index in [1.165, 1.54) is 0 Å². The van der Waals surface area contributed by atoms with Crippen LogP contribution in [0.1, 0.15) is 43.2 Å². The SMILES string of the molecule is CC(CNC(=O)OCC1c2ccccc2-c2ccccc21)C(=O)N1CCCC1CC(=O)O. The lowest BCUT2D eigenvalue weighted by molar-refractivity contribution is -0.141. The highest BCUT2D eigenvalue weighted by atomic mass is 16.5. The van der Waals surface area contributed by atoms with E-state index in [4.69, 9.17) is 9.84 Å². The Labute approximate surface area is 187 Å². The van der Waals surface area contributed by atoms with Gasteiger partial charge in [0.2, 0.25) is 5.91 Å². The lowest BCUT2D eigenvalue weighted by Crippen LogP contribution is -2.43. The molecule has 0 aromatic heterocycles. The Bertz CT molecular complexity index is 975. The molecular formula is C25H28N2O5. The summed E-state index contributed by atoms with van der Waals surface area (Å²) in [5.41, 5.74) is 4.61. The van der Waals surface area contributed by atoms with E-state index in [0.29, 0.717) is 13.0 Å². The number of aliphatic carboxylic acids is 1. The van der Waals surface area contributed by atoms with E-state index in [0.717, 1.165) is 28.7 Å². The second-order valence-corrected chi connectivity index (χ2v) is 8.53. The standard InChI is InChI=1S/C25H28N2O5/c1-16(24(30)27-12-6-7-17(27)13-23(28)29)14-26-25(31)32-15-22-20-10-4-2-8-18(20)19-9-3-5-11-21(19)22/h2-5,8-11,16-17,22H,6-7,12-15H2,1H3,(H,26,31)(H,28,29). The predicted molar refractivity (Wildman–Crippen MR) is 119 cm³/mol. The van der Waals surface area contributed by atoms with Gasteiger partial charge in [-0.2, -0.15) is 0 Å². The zero-order chi connectivity index (χ0) is 22.7. The van der Waals surface area contributed by atoms with Crippen LogP contribution in [-0.4, -0.2) is 53.7 Å². The molecule has 1 fully saturated rings. The molecule has 2 aliphatic rings. The van der Waals surface area contributed by atoms with Gasteiger partial charge in [0.05, 0.1) is 12.3 Å². The van der Waals surface area contributed by atoms with Crippen molar-refractivity contribution < 1.29 is 24.2 Å². The molecule has 0 bridgehead atoms. The van der Waals surface area contributed by atoms with Crippen LogP contribution in [-0.2, 0) is 14.3 Å². The number of carboxylic acids is 1. The molecule has 2 unspecified atom stereocenters. The highest BCUT2D eigenvalue weighted by Gasteiger charge is 2.33. The van der Waals surface area contributed by atoms with Gasteiger partial charge in [-0.3, -0.25) is 9.59 Å². The van der Waals surface area contributed by atoms with Gasteiger partial charge < -0.3 is 20.1 Å². The van der Waals surface area contributed by atoms with Crippen LogP contribution in [0.25, 0.3) is 11.1 Å². The number of nitrogens with zero attached hydrogens (tertiary/aromatic N) is 1. The summed E-state index contributed by atoms with van der Waals surface area (Å²) in [5.74, 6) is -1.51. The van der Waals surface area contributed by atoms with Crippen LogP contribution >= 0.6 is 0 Å². The molecular weight excluding hydrogens is 408 g/mol. The van der Waals surface area contributed by atoms with Crippen molar-refractivity contribution in [3.63, 3.8) is 0 Å². The summed E-state index contributed by atoms with van der Waals surface area (Å²) in [4.78, 5) is 37.7. The van der Waals surface area contributed by atoms with Crippen LogP contribution in [0.15, 0.2) is 48.5 Å². The maximum atomic E-state index is 12.7. The molecule has 2 amide bonds. The Hall–Kier alpha value is -3.35. The van der Waals surface area contributed by atoms with Gasteiger partial charge in [-0.25, -0.2) is 4.79 Å². The largest absolute Gasteiger partial charge is 0.481 e. The molecule has 1 saturated heterocycles. The Kier molecular flexibility index (Phi) is 6.44. The first-order valence-electron chi connectivity index (χ1n) is 11.1. The third kappa shape index (κ3) is 4.47. The Morgan fingerprint density at radius 1 is 1.09 bits per heavy atom. The quantitative estimate of drug-likeness (QED) is 0.691. The van der Waals surface area contributed by atoms with E-state index < -0.39 is 18.0 Å². The minimum absolute atomic E-state index is 0.0198. The van der Waals surface area contributed by atoms with Crippen molar-refractivity contribution in [3.05, 3.63) is 59.7 Å². The fourth-order valence-electron chi connectivity index (χ4n) is 4.80. The molecule has 7 heteroatoms. The van der Waals surface area contributed by atoms with E-state index in [1.807, 2.05) is 24.3 Å². The third-order valence-corrected chi connectivity index (χ3v) is 6.39. The van der Waals surface area contributed by atoms with E-state index in [9.17, 15) is 14.4 Å². The average Bonchev–Trinajstić information content (AvgIpc) is 3.37. The van der Waals surface area contributed by atoms with Gasteiger partial charge in [-0.1, -0.05) is 55.5 Å². The van der Waals surface area contributed by atoms with Crippen LogP contribution in [0.4, 0.5) is 4.79 Å². The molecule has 1 aliphatic carbocycles. The number of hydrogen-bond acceptors (Lipinski definition) is 4. The van der Waals surface area contributed by atoms with Crippen molar-refractivity contribution >= 4 is 18.0 Å². The second-order valence-electron chi connectivity index (χ2n) is 8.53. The van der Waals surface area contributed by atoms with Crippen LogP contribution in [0, 0.1) is 5.92 Å². The van der Waals surface area contributed by atoms with Crippen molar-refractivity contribution in [1.29, 1.82) is 0 Å². The summed E-state index contributed by atoms with van der Waals surface area (Å²) < 4.78 is 5.52. The maximum absolute atomic E-state index is 12.7. The second kappa shape index (κ2) is 9.42. The van der Waals surface area contributed by atoms with Gasteiger partial charge in [0.25, 0.3) is 0 Å². The summed E-state index contributed by atoms with van der Waals surface area (Å²) in [6, 6.07) is 16.0. The van der Waals surface area contributed by atoms with E-state index in [1.54, 1.807) is 11.8 Å². The van der Waals surface area contributed by atoms with E-state index in [-0.39, 0.29) is 37.4 Å². The van der Waals surface area contributed by atoms with Crippen molar-refractivity contribution in [2.75, 3.05) is 19.7 Å². The van der Waals surface area contributed by atoms with Crippen molar-refractivity contribution in [3.8, 4) is 11.1 Å². The van der Waals surface area contributed by atoms with Gasteiger partial charge in [0.15, 0.2) is 0 Å². The fourth-order valence-corrected chi connectivity index (χ4v) is 4.80. The molecule has 0 saturated carbocycles. The number of hydrogen-bond donors (Lipinski definition) is 2. The number of carbonyl (C=O) groups excluding carboxylic acids is 2. The first kappa shape index (κ1) is 21.9. The number of ether oxygens (including phenoxy) is 1. The number of nitrogens with one attached hydrogen (secondary N) is 1. The number of fused-ring (bicyclic) bond motifs is 3. The maximum Gasteiger partial charge on any atom is 0.407 e. The van der Waals surface area contributed by atoms with Gasteiger partial charge in [0.1, 0.15) is 6.61 Å². The first-order valence-corrected chi connectivity index (χ1v) is 11.1. The molecule has 2 N–H and O–H groups in total. The topological polar surface area (TPSA) is 95.9 Å². The summed E-state index contributed by atoms with van der Waals surface area (Å²) in [5, 5.41) is 11.7. The summed E-state index contributed by atoms with van der Waals surface area (Å²) in [6.45, 7) is 2.66. The first-order chi connectivity index (χ1) is 15.5. The van der Waals surface area contributed by atoms with Gasteiger partial charge in [-0.15, -0.1) is 0 Å². The number of benzene rings is 2. The van der Waals surface area contributed by atoms with Crippen molar-refractivity contribution in [2.45, 2.75) is 38.1 Å². The summed E-state index contributed by atoms with van der Waals surface area (Å²) in [6.07, 6.45) is 0.897. The average molecular weight is 437 g/mol. The lowest BCUT2D eigenvalue weighted by Gasteiger charge is -2.26. The van der Waals surface area contributed by atoms with Crippen molar-refractivity contribution in [1.82, 2.24) is 10.2 Å². The zero-order valence-electron chi connectivity index (χ0n) is 18.1. The monoisotopic (exact) mass is 436 g/mol. The van der Waals surface area contributed by atoms with E-state index in [2.05, 4.69) is 29.6 Å². The minimum atomic E-state index is -0.904. The Morgan fingerprint density at radius 3 is 2.34 bits per heavy atom. The molecule has 2 aromatic rings. The number of rotatable bonds is 7.